The number of nitrogens with two attached hydrogens (primary N) is 1. The molecule has 6 nitrogen and oxygen atoms in total. The number of rotatable bonds is 4. The van der Waals surface area contributed by atoms with Crippen LogP contribution in [0.2, 0.25) is 0 Å². The van der Waals surface area contributed by atoms with Crippen LogP contribution >= 0.6 is 11.9 Å². The number of benzene rings is 1. The van der Waals surface area contributed by atoms with Crippen LogP contribution in [0.5, 0.6) is 0 Å². The van der Waals surface area contributed by atoms with E-state index in [1.165, 1.54) is 24.8 Å². The highest BCUT2D eigenvalue weighted by Crippen LogP contribution is 2.57. The zero-order chi connectivity index (χ0) is 18.6. The van der Waals surface area contributed by atoms with Gasteiger partial charge in [-0.15, -0.1) is 0 Å². The van der Waals surface area contributed by atoms with Crippen molar-refractivity contribution in [3.8, 4) is 0 Å². The van der Waals surface area contributed by atoms with Crippen LogP contribution in [-0.2, 0) is 10.2 Å². The van der Waals surface area contributed by atoms with Gasteiger partial charge in [-0.3, -0.25) is 14.8 Å². The quantitative estimate of drug-likeness (QED) is 0.784. The SMILES string of the molecule is Cc1cc(SN)ccc1Nc1ncc2c(n1)N(C1CCCC1)C(=O)C21CC1. The van der Waals surface area contributed by atoms with Gasteiger partial charge in [0.1, 0.15) is 5.82 Å². The first-order valence-electron chi connectivity index (χ1n) is 9.58. The number of nitrogens with zero attached hydrogens (tertiary/aromatic N) is 3. The maximum absolute atomic E-state index is 13.2. The van der Waals surface area contributed by atoms with E-state index in [0.717, 1.165) is 53.2 Å². The number of aromatic nitrogens is 2. The number of hydrogen-bond acceptors (Lipinski definition) is 6. The first kappa shape index (κ1) is 17.0. The van der Waals surface area contributed by atoms with Crippen molar-refractivity contribution in [1.82, 2.24) is 9.97 Å². The van der Waals surface area contributed by atoms with Crippen LogP contribution < -0.4 is 15.4 Å². The van der Waals surface area contributed by atoms with E-state index in [0.29, 0.717) is 12.0 Å². The van der Waals surface area contributed by atoms with E-state index in [-0.39, 0.29) is 11.3 Å². The summed E-state index contributed by atoms with van der Waals surface area (Å²) >= 11 is 1.23. The molecule has 27 heavy (non-hydrogen) atoms. The standard InChI is InChI=1S/C20H23N5OS/c1-12-10-14(27-21)6-7-16(12)23-19-22-11-15-17(24-19)25(13-4-2-3-5-13)18(26)20(15)8-9-20/h6-7,10-11,13H,2-5,8-9,21H2,1H3,(H,22,23,24). The topological polar surface area (TPSA) is 84.1 Å². The molecule has 1 aromatic heterocycles. The molecule has 3 aliphatic rings. The van der Waals surface area contributed by atoms with Gasteiger partial charge in [0.2, 0.25) is 11.9 Å². The van der Waals surface area contributed by atoms with Crippen molar-refractivity contribution >= 4 is 35.3 Å². The Morgan fingerprint density at radius 3 is 2.74 bits per heavy atom. The lowest BCUT2D eigenvalue weighted by molar-refractivity contribution is -0.120. The number of hydrogen-bond donors (Lipinski definition) is 2. The molecule has 0 saturated heterocycles. The minimum Gasteiger partial charge on any atom is -0.324 e. The number of carbonyl (C=O) groups excluding carboxylic acids is 1. The molecule has 2 aliphatic carbocycles. The Balaban J connectivity index is 1.50. The number of carbonyl (C=O) groups is 1. The Bertz CT molecular complexity index is 921. The molecule has 7 heteroatoms. The Morgan fingerprint density at radius 2 is 2.07 bits per heavy atom. The van der Waals surface area contributed by atoms with Gasteiger partial charge in [-0.25, -0.2) is 4.98 Å². The van der Waals surface area contributed by atoms with Gasteiger partial charge < -0.3 is 5.32 Å². The Kier molecular flexibility index (Phi) is 3.91. The summed E-state index contributed by atoms with van der Waals surface area (Å²) in [6, 6.07) is 6.29. The fourth-order valence-corrected chi connectivity index (χ4v) is 4.87. The lowest BCUT2D eigenvalue weighted by atomic mass is 10.0. The number of aryl methyl sites for hydroxylation is 1. The number of anilines is 3. The van der Waals surface area contributed by atoms with Crippen molar-refractivity contribution in [2.75, 3.05) is 10.2 Å². The zero-order valence-corrected chi connectivity index (χ0v) is 16.2. The molecule has 0 radical (unpaired) electrons. The molecular weight excluding hydrogens is 358 g/mol. The molecule has 0 unspecified atom stereocenters. The van der Waals surface area contributed by atoms with Gasteiger partial charge >= 0.3 is 0 Å². The predicted octanol–water partition coefficient (Wildman–Crippen LogP) is 3.82. The largest absolute Gasteiger partial charge is 0.324 e. The van der Waals surface area contributed by atoms with Gasteiger partial charge in [-0.05, 0) is 68.3 Å². The third-order valence-electron chi connectivity index (χ3n) is 6.16. The summed E-state index contributed by atoms with van der Waals surface area (Å²) in [4.78, 5) is 25.5. The summed E-state index contributed by atoms with van der Waals surface area (Å²) in [5, 5.41) is 8.95. The second-order valence-electron chi connectivity index (χ2n) is 7.85. The van der Waals surface area contributed by atoms with Gasteiger partial charge in [-0.1, -0.05) is 12.8 Å². The fraction of sp³-hybridized carbons (Fsp3) is 0.450. The van der Waals surface area contributed by atoms with E-state index in [4.69, 9.17) is 10.1 Å². The molecule has 2 heterocycles. The Hall–Kier alpha value is -2.12. The number of fused-ring (bicyclic) bond motifs is 2. The molecule has 1 aliphatic heterocycles. The normalized spacial score (nSPS) is 20.4. The van der Waals surface area contributed by atoms with Crippen molar-refractivity contribution in [1.29, 1.82) is 0 Å². The minimum atomic E-state index is -0.327. The van der Waals surface area contributed by atoms with E-state index < -0.39 is 0 Å². The lowest BCUT2D eigenvalue weighted by Crippen LogP contribution is -2.39. The smallest absolute Gasteiger partial charge is 0.239 e. The second kappa shape index (κ2) is 6.21. The van der Waals surface area contributed by atoms with E-state index in [1.807, 2.05) is 36.2 Å². The van der Waals surface area contributed by atoms with Crippen LogP contribution in [0.4, 0.5) is 17.5 Å². The van der Waals surface area contributed by atoms with Crippen LogP contribution in [0, 0.1) is 6.92 Å². The molecule has 5 rings (SSSR count). The van der Waals surface area contributed by atoms with Crippen LogP contribution in [0.1, 0.15) is 49.7 Å². The van der Waals surface area contributed by atoms with E-state index in [2.05, 4.69) is 10.3 Å². The molecule has 140 valence electrons. The van der Waals surface area contributed by atoms with Crippen LogP contribution in [-0.4, -0.2) is 21.9 Å². The predicted molar refractivity (Wildman–Crippen MR) is 107 cm³/mol. The Morgan fingerprint density at radius 1 is 1.30 bits per heavy atom. The Labute approximate surface area is 163 Å². The van der Waals surface area contributed by atoms with Crippen LogP contribution in [0.3, 0.4) is 0 Å². The third-order valence-corrected chi connectivity index (χ3v) is 6.69. The number of nitrogens with one attached hydrogen (secondary N) is 1. The maximum atomic E-state index is 13.2. The van der Waals surface area contributed by atoms with Gasteiger partial charge in [0.15, 0.2) is 0 Å². The summed E-state index contributed by atoms with van der Waals surface area (Å²) in [6.07, 6.45) is 8.25. The van der Waals surface area contributed by atoms with Crippen molar-refractivity contribution in [3.05, 3.63) is 35.5 Å². The molecule has 0 atom stereocenters. The zero-order valence-electron chi connectivity index (χ0n) is 15.4. The molecule has 1 spiro atoms. The highest BCUT2D eigenvalue weighted by atomic mass is 32.2. The highest BCUT2D eigenvalue weighted by molar-refractivity contribution is 7.97. The average Bonchev–Trinajstić information content (AvgIpc) is 3.24. The second-order valence-corrected chi connectivity index (χ2v) is 8.55. The summed E-state index contributed by atoms with van der Waals surface area (Å²) < 4.78 is 0. The summed E-state index contributed by atoms with van der Waals surface area (Å²) in [5.74, 6) is 1.61. The van der Waals surface area contributed by atoms with Crippen molar-refractivity contribution in [2.45, 2.75) is 61.8 Å². The maximum Gasteiger partial charge on any atom is 0.239 e. The molecule has 2 fully saturated rings. The summed E-state index contributed by atoms with van der Waals surface area (Å²) in [6.45, 7) is 2.03. The molecule has 2 aromatic rings. The first-order valence-corrected chi connectivity index (χ1v) is 10.5. The molecule has 1 amide bonds. The lowest BCUT2D eigenvalue weighted by Gasteiger charge is -2.24. The molecule has 2 saturated carbocycles. The van der Waals surface area contributed by atoms with Gasteiger partial charge in [-0.2, -0.15) is 4.98 Å². The number of amides is 1. The monoisotopic (exact) mass is 381 g/mol. The molecule has 3 N–H and O–H groups in total. The van der Waals surface area contributed by atoms with Crippen molar-refractivity contribution < 1.29 is 4.79 Å². The highest BCUT2D eigenvalue weighted by Gasteiger charge is 2.61. The molecule has 1 aromatic carbocycles. The fourth-order valence-electron chi connectivity index (χ4n) is 4.48. The average molecular weight is 382 g/mol. The summed E-state index contributed by atoms with van der Waals surface area (Å²) in [7, 11) is 0. The molecule has 0 bridgehead atoms. The van der Waals surface area contributed by atoms with Gasteiger partial charge in [0.25, 0.3) is 0 Å². The first-order chi connectivity index (χ1) is 13.1. The van der Waals surface area contributed by atoms with Gasteiger partial charge in [0, 0.05) is 28.4 Å². The van der Waals surface area contributed by atoms with Crippen molar-refractivity contribution in [2.24, 2.45) is 5.14 Å². The third kappa shape index (κ3) is 2.63. The van der Waals surface area contributed by atoms with E-state index in [1.54, 1.807) is 0 Å². The van der Waals surface area contributed by atoms with Gasteiger partial charge in [0.05, 0.1) is 5.41 Å². The van der Waals surface area contributed by atoms with E-state index >= 15 is 0 Å². The van der Waals surface area contributed by atoms with E-state index in [9.17, 15) is 4.79 Å². The van der Waals surface area contributed by atoms with Crippen molar-refractivity contribution in [3.63, 3.8) is 0 Å². The molecular formula is C20H23N5OS. The minimum absolute atomic E-state index is 0.247. The summed E-state index contributed by atoms with van der Waals surface area (Å²) in [5.41, 5.74) is 2.73. The van der Waals surface area contributed by atoms with Crippen LogP contribution in [0.25, 0.3) is 0 Å². The van der Waals surface area contributed by atoms with Crippen LogP contribution in [0.15, 0.2) is 29.3 Å².